The number of benzene rings is 2. The molecule has 1 atom stereocenters. The number of para-hydroxylation sites is 1. The molecule has 0 radical (unpaired) electrons. The van der Waals surface area contributed by atoms with Crippen molar-refractivity contribution >= 4 is 17.6 Å². The second-order valence-corrected chi connectivity index (χ2v) is 6.26. The Hall–Kier alpha value is -3.74. The molecule has 3 aromatic rings. The predicted molar refractivity (Wildman–Crippen MR) is 104 cm³/mol. The van der Waals surface area contributed by atoms with E-state index in [0.717, 1.165) is 11.3 Å². The molecule has 142 valence electrons. The van der Waals surface area contributed by atoms with Crippen molar-refractivity contribution in [3.05, 3.63) is 84.4 Å². The van der Waals surface area contributed by atoms with Gasteiger partial charge in [0.2, 0.25) is 5.78 Å². The summed E-state index contributed by atoms with van der Waals surface area (Å²) in [5.41, 5.74) is 7.17. The Morgan fingerprint density at radius 3 is 2.29 bits per heavy atom. The summed E-state index contributed by atoms with van der Waals surface area (Å²) in [4.78, 5) is 40.4. The average Bonchev–Trinajstić information content (AvgIpc) is 3.22. The average molecular weight is 376 g/mol. The van der Waals surface area contributed by atoms with Gasteiger partial charge in [-0.2, -0.15) is 0 Å². The monoisotopic (exact) mass is 376 g/mol. The van der Waals surface area contributed by atoms with Crippen molar-refractivity contribution in [2.24, 2.45) is 5.73 Å². The lowest BCUT2D eigenvalue weighted by atomic mass is 10.0. The lowest BCUT2D eigenvalue weighted by Gasteiger charge is -2.17. The third-order valence-corrected chi connectivity index (χ3v) is 4.33. The Kier molecular flexibility index (Phi) is 5.96. The maximum Gasteiger partial charge on any atom is 0.287 e. The number of amides is 2. The van der Waals surface area contributed by atoms with Gasteiger partial charge in [0.15, 0.2) is 0 Å². The number of hydrogen-bond acceptors (Lipinski definition) is 4. The number of aromatic nitrogens is 2. The van der Waals surface area contributed by atoms with Gasteiger partial charge in [0.1, 0.15) is 5.69 Å². The SMILES string of the molecule is NC(=O)C(=O)C(CCc1ccccc1)NC(=O)c1cncn1-c1ccccc1. The molecule has 0 aliphatic carbocycles. The van der Waals surface area contributed by atoms with Crippen LogP contribution in [0.15, 0.2) is 73.2 Å². The van der Waals surface area contributed by atoms with E-state index in [1.807, 2.05) is 60.7 Å². The van der Waals surface area contributed by atoms with Crippen molar-refractivity contribution in [1.29, 1.82) is 0 Å². The zero-order valence-electron chi connectivity index (χ0n) is 15.1. The van der Waals surface area contributed by atoms with Crippen LogP contribution in [0.2, 0.25) is 0 Å². The quantitative estimate of drug-likeness (QED) is 0.583. The summed E-state index contributed by atoms with van der Waals surface area (Å²) in [5.74, 6) is -2.40. The molecular formula is C21H20N4O3. The molecule has 0 saturated heterocycles. The van der Waals surface area contributed by atoms with E-state index >= 15 is 0 Å². The predicted octanol–water partition coefficient (Wildman–Crippen LogP) is 1.66. The molecule has 0 spiro atoms. The van der Waals surface area contributed by atoms with E-state index in [2.05, 4.69) is 10.3 Å². The van der Waals surface area contributed by atoms with Crippen molar-refractivity contribution in [2.45, 2.75) is 18.9 Å². The minimum absolute atomic E-state index is 0.258. The number of nitrogens with one attached hydrogen (secondary N) is 1. The molecule has 2 amide bonds. The van der Waals surface area contributed by atoms with Crippen molar-refractivity contribution in [1.82, 2.24) is 14.9 Å². The number of ketones is 1. The number of nitrogens with two attached hydrogens (primary N) is 1. The third kappa shape index (κ3) is 4.50. The lowest BCUT2D eigenvalue weighted by Crippen LogP contribution is -2.46. The first-order valence-corrected chi connectivity index (χ1v) is 8.82. The lowest BCUT2D eigenvalue weighted by molar-refractivity contribution is -0.137. The number of carbonyl (C=O) groups excluding carboxylic acids is 3. The van der Waals surface area contributed by atoms with Crippen LogP contribution in [-0.4, -0.2) is 33.2 Å². The number of primary amides is 1. The maximum absolute atomic E-state index is 12.8. The van der Waals surface area contributed by atoms with E-state index in [1.165, 1.54) is 12.5 Å². The molecule has 1 unspecified atom stereocenters. The van der Waals surface area contributed by atoms with Crippen molar-refractivity contribution in [3.63, 3.8) is 0 Å². The van der Waals surface area contributed by atoms with Crippen molar-refractivity contribution in [3.8, 4) is 5.69 Å². The van der Waals surface area contributed by atoms with Crippen LogP contribution in [0.3, 0.4) is 0 Å². The molecule has 0 aliphatic heterocycles. The zero-order chi connectivity index (χ0) is 19.9. The summed E-state index contributed by atoms with van der Waals surface area (Å²) in [7, 11) is 0. The van der Waals surface area contributed by atoms with Crippen LogP contribution < -0.4 is 11.1 Å². The van der Waals surface area contributed by atoms with E-state index in [1.54, 1.807) is 4.57 Å². The van der Waals surface area contributed by atoms with Crippen LogP contribution in [0.25, 0.3) is 5.69 Å². The van der Waals surface area contributed by atoms with E-state index in [0.29, 0.717) is 6.42 Å². The van der Waals surface area contributed by atoms with Gasteiger partial charge in [-0.3, -0.25) is 19.0 Å². The highest BCUT2D eigenvalue weighted by Gasteiger charge is 2.26. The second kappa shape index (κ2) is 8.77. The Labute approximate surface area is 162 Å². The number of rotatable bonds is 8. The topological polar surface area (TPSA) is 107 Å². The molecular weight excluding hydrogens is 356 g/mol. The summed E-state index contributed by atoms with van der Waals surface area (Å²) in [5, 5.41) is 2.63. The van der Waals surface area contributed by atoms with Gasteiger partial charge in [0, 0.05) is 5.69 Å². The van der Waals surface area contributed by atoms with Crippen LogP contribution in [0.1, 0.15) is 22.5 Å². The number of aryl methyl sites for hydroxylation is 1. The standard InChI is InChI=1S/C21H20N4O3/c22-20(27)19(26)17(12-11-15-7-3-1-4-8-15)24-21(28)18-13-23-14-25(18)16-9-5-2-6-10-16/h1-10,13-14,17H,11-12H2,(H2,22,27)(H,24,28). The maximum atomic E-state index is 12.8. The Morgan fingerprint density at radius 1 is 1.00 bits per heavy atom. The number of imidazole rings is 1. The first-order valence-electron chi connectivity index (χ1n) is 8.82. The molecule has 2 aromatic carbocycles. The molecule has 0 aliphatic rings. The Balaban J connectivity index is 1.77. The Morgan fingerprint density at radius 2 is 1.64 bits per heavy atom. The molecule has 0 bridgehead atoms. The third-order valence-electron chi connectivity index (χ3n) is 4.33. The molecule has 1 heterocycles. The number of carbonyl (C=O) groups is 3. The van der Waals surface area contributed by atoms with Crippen LogP contribution in [0.4, 0.5) is 0 Å². The fourth-order valence-corrected chi connectivity index (χ4v) is 2.89. The molecule has 28 heavy (non-hydrogen) atoms. The molecule has 3 rings (SSSR count). The van der Waals surface area contributed by atoms with Gasteiger partial charge in [0.05, 0.1) is 18.6 Å². The number of hydrogen-bond donors (Lipinski definition) is 2. The summed E-state index contributed by atoms with van der Waals surface area (Å²) in [6.45, 7) is 0. The summed E-state index contributed by atoms with van der Waals surface area (Å²) in [6.07, 6.45) is 3.70. The van der Waals surface area contributed by atoms with Crippen LogP contribution in [0.5, 0.6) is 0 Å². The smallest absolute Gasteiger partial charge is 0.287 e. The van der Waals surface area contributed by atoms with Gasteiger partial charge >= 0.3 is 0 Å². The van der Waals surface area contributed by atoms with Crippen LogP contribution in [-0.2, 0) is 16.0 Å². The highest BCUT2D eigenvalue weighted by molar-refractivity contribution is 6.38. The number of nitrogens with zero attached hydrogens (tertiary/aromatic N) is 2. The summed E-state index contributed by atoms with van der Waals surface area (Å²) >= 11 is 0. The fraction of sp³-hybridized carbons (Fsp3) is 0.143. The minimum atomic E-state index is -1.07. The van der Waals surface area contributed by atoms with Crippen molar-refractivity contribution in [2.75, 3.05) is 0 Å². The van der Waals surface area contributed by atoms with Gasteiger partial charge in [-0.1, -0.05) is 48.5 Å². The van der Waals surface area contributed by atoms with E-state index in [4.69, 9.17) is 5.73 Å². The molecule has 1 aromatic heterocycles. The van der Waals surface area contributed by atoms with Crippen LogP contribution in [0, 0.1) is 0 Å². The van der Waals surface area contributed by atoms with Gasteiger partial charge in [-0.05, 0) is 30.5 Å². The summed E-state index contributed by atoms with van der Waals surface area (Å²) in [6, 6.07) is 17.7. The van der Waals surface area contributed by atoms with Crippen molar-refractivity contribution < 1.29 is 14.4 Å². The molecule has 3 N–H and O–H groups in total. The fourth-order valence-electron chi connectivity index (χ4n) is 2.89. The van der Waals surface area contributed by atoms with Crippen LogP contribution >= 0.6 is 0 Å². The first-order chi connectivity index (χ1) is 13.6. The summed E-state index contributed by atoms with van der Waals surface area (Å²) < 4.78 is 1.61. The van der Waals surface area contributed by atoms with Gasteiger partial charge < -0.3 is 11.1 Å². The second-order valence-electron chi connectivity index (χ2n) is 6.26. The molecule has 7 nitrogen and oxygen atoms in total. The highest BCUT2D eigenvalue weighted by atomic mass is 16.2. The van der Waals surface area contributed by atoms with E-state index < -0.39 is 23.6 Å². The zero-order valence-corrected chi connectivity index (χ0v) is 15.1. The first kappa shape index (κ1) is 19.0. The molecule has 0 saturated carbocycles. The minimum Gasteiger partial charge on any atom is -0.363 e. The van der Waals surface area contributed by atoms with Gasteiger partial charge in [-0.25, -0.2) is 4.98 Å². The normalized spacial score (nSPS) is 11.6. The largest absolute Gasteiger partial charge is 0.363 e. The molecule has 0 fully saturated rings. The van der Waals surface area contributed by atoms with Gasteiger partial charge in [0.25, 0.3) is 11.8 Å². The van der Waals surface area contributed by atoms with Gasteiger partial charge in [-0.15, -0.1) is 0 Å². The van der Waals surface area contributed by atoms with E-state index in [9.17, 15) is 14.4 Å². The number of Topliss-reactive ketones (excluding diaryl/α,β-unsaturated/α-hetero) is 1. The Bertz CT molecular complexity index is 968. The molecule has 7 heteroatoms. The highest BCUT2D eigenvalue weighted by Crippen LogP contribution is 2.12. The van der Waals surface area contributed by atoms with E-state index in [-0.39, 0.29) is 12.1 Å².